The molecule has 0 heterocycles. The van der Waals surface area contributed by atoms with E-state index < -0.39 is 38.4 Å². The number of Topliss-reactive ketones (excluding diaryl/α,β-unsaturated/α-hetero) is 1. The van der Waals surface area contributed by atoms with E-state index in [9.17, 15) is 29.0 Å². The standard InChI is InChI=1S/C28H55O8P/c1-3-5-7-9-11-13-15-17-19-21-23-27(31)35-26(24-29)28(36-37(32,33)34)25(30)22-20-18-16-14-12-10-8-6-4-2/h26,28-29H,3-24H2,1-2H3,(H2,32,33,34)/t26-,28?/m0/s1. The maximum Gasteiger partial charge on any atom is 0.470 e. The lowest BCUT2D eigenvalue weighted by molar-refractivity contribution is -0.160. The first kappa shape index (κ1) is 36.2. The third kappa shape index (κ3) is 22.9. The van der Waals surface area contributed by atoms with Gasteiger partial charge in [-0.1, -0.05) is 123 Å². The summed E-state index contributed by atoms with van der Waals surface area (Å²) >= 11 is 0. The molecule has 0 aliphatic rings. The molecule has 0 rings (SSSR count). The van der Waals surface area contributed by atoms with Crippen molar-refractivity contribution in [2.75, 3.05) is 6.61 Å². The summed E-state index contributed by atoms with van der Waals surface area (Å²) in [5, 5.41) is 9.70. The first-order chi connectivity index (χ1) is 17.7. The molecule has 0 aliphatic carbocycles. The number of ketones is 1. The van der Waals surface area contributed by atoms with Crippen LogP contribution in [0.3, 0.4) is 0 Å². The zero-order chi connectivity index (χ0) is 27.8. The Morgan fingerprint density at radius 3 is 1.41 bits per heavy atom. The first-order valence-corrected chi connectivity index (χ1v) is 16.3. The summed E-state index contributed by atoms with van der Waals surface area (Å²) in [6, 6.07) is 0. The Bertz CT molecular complexity index is 607. The molecular formula is C28H55O8P. The summed E-state index contributed by atoms with van der Waals surface area (Å²) < 4.78 is 21.3. The van der Waals surface area contributed by atoms with Gasteiger partial charge in [0.25, 0.3) is 0 Å². The van der Waals surface area contributed by atoms with E-state index in [1.54, 1.807) is 0 Å². The van der Waals surface area contributed by atoms with Crippen molar-refractivity contribution in [2.45, 2.75) is 161 Å². The van der Waals surface area contributed by atoms with Gasteiger partial charge in [0.2, 0.25) is 0 Å². The molecular weight excluding hydrogens is 495 g/mol. The lowest BCUT2D eigenvalue weighted by atomic mass is 10.0. The van der Waals surface area contributed by atoms with Gasteiger partial charge in [-0.05, 0) is 12.8 Å². The number of unbranched alkanes of at least 4 members (excludes halogenated alkanes) is 17. The second kappa shape index (κ2) is 24.3. The van der Waals surface area contributed by atoms with E-state index in [-0.39, 0.29) is 12.8 Å². The largest absolute Gasteiger partial charge is 0.470 e. The third-order valence-electron chi connectivity index (χ3n) is 6.63. The Morgan fingerprint density at radius 1 is 0.649 bits per heavy atom. The number of rotatable bonds is 27. The lowest BCUT2D eigenvalue weighted by Gasteiger charge is -2.25. The van der Waals surface area contributed by atoms with Crippen LogP contribution in [-0.2, 0) is 23.4 Å². The smallest absolute Gasteiger partial charge is 0.457 e. The fourth-order valence-corrected chi connectivity index (χ4v) is 4.96. The van der Waals surface area contributed by atoms with Crippen LogP contribution in [0.25, 0.3) is 0 Å². The summed E-state index contributed by atoms with van der Waals surface area (Å²) in [5.74, 6) is -1.18. The van der Waals surface area contributed by atoms with E-state index in [4.69, 9.17) is 4.74 Å². The summed E-state index contributed by atoms with van der Waals surface area (Å²) in [6.07, 6.45) is 17.8. The monoisotopic (exact) mass is 550 g/mol. The van der Waals surface area contributed by atoms with Gasteiger partial charge in [-0.15, -0.1) is 0 Å². The molecule has 0 aromatic heterocycles. The zero-order valence-corrected chi connectivity index (χ0v) is 24.4. The number of hydrogen-bond acceptors (Lipinski definition) is 6. The topological polar surface area (TPSA) is 130 Å². The van der Waals surface area contributed by atoms with Crippen molar-refractivity contribution < 1.29 is 38.3 Å². The summed E-state index contributed by atoms with van der Waals surface area (Å²) in [7, 11) is -5.02. The molecule has 0 radical (unpaired) electrons. The van der Waals surface area contributed by atoms with Gasteiger partial charge >= 0.3 is 13.8 Å². The van der Waals surface area contributed by atoms with Gasteiger partial charge in [0, 0.05) is 12.8 Å². The highest BCUT2D eigenvalue weighted by Crippen LogP contribution is 2.39. The number of carbonyl (C=O) groups excluding carboxylic acids is 2. The van der Waals surface area contributed by atoms with Crippen molar-refractivity contribution >= 4 is 19.6 Å². The Labute approximate surface area is 225 Å². The molecule has 9 heteroatoms. The van der Waals surface area contributed by atoms with Gasteiger partial charge < -0.3 is 19.6 Å². The molecule has 0 saturated heterocycles. The fraction of sp³-hybridized carbons (Fsp3) is 0.929. The Kier molecular flexibility index (Phi) is 23.7. The van der Waals surface area contributed by atoms with Gasteiger partial charge in [-0.2, -0.15) is 0 Å². The van der Waals surface area contributed by atoms with E-state index in [2.05, 4.69) is 18.4 Å². The average molecular weight is 551 g/mol. The molecule has 0 spiro atoms. The highest BCUT2D eigenvalue weighted by Gasteiger charge is 2.36. The van der Waals surface area contributed by atoms with E-state index in [0.717, 1.165) is 38.5 Å². The van der Waals surface area contributed by atoms with Gasteiger partial charge in [-0.3, -0.25) is 14.1 Å². The predicted molar refractivity (Wildman–Crippen MR) is 147 cm³/mol. The van der Waals surface area contributed by atoms with Crippen LogP contribution in [0.4, 0.5) is 0 Å². The number of ether oxygens (including phenoxy) is 1. The van der Waals surface area contributed by atoms with Crippen LogP contribution in [0.5, 0.6) is 0 Å². The van der Waals surface area contributed by atoms with Gasteiger partial charge in [0.05, 0.1) is 6.61 Å². The minimum Gasteiger partial charge on any atom is -0.457 e. The quantitative estimate of drug-likeness (QED) is 0.0557. The number of phosphoric acid groups is 1. The second-order valence-corrected chi connectivity index (χ2v) is 11.4. The molecule has 37 heavy (non-hydrogen) atoms. The van der Waals surface area contributed by atoms with Crippen LogP contribution >= 0.6 is 7.82 Å². The molecule has 0 fully saturated rings. The minimum absolute atomic E-state index is 0.0486. The third-order valence-corrected chi connectivity index (χ3v) is 7.13. The molecule has 0 bridgehead atoms. The van der Waals surface area contributed by atoms with E-state index in [0.29, 0.717) is 12.8 Å². The van der Waals surface area contributed by atoms with Crippen molar-refractivity contribution in [1.29, 1.82) is 0 Å². The Morgan fingerprint density at radius 2 is 1.03 bits per heavy atom. The SMILES string of the molecule is CCCCCCCCCCCCC(=O)O[C@@H](CO)C(OP(=O)(O)O)C(=O)CCCCCCCCCCC. The highest BCUT2D eigenvalue weighted by molar-refractivity contribution is 7.46. The molecule has 0 aromatic carbocycles. The van der Waals surface area contributed by atoms with Crippen LogP contribution in [0, 0.1) is 0 Å². The summed E-state index contributed by atoms with van der Waals surface area (Å²) in [4.78, 5) is 43.5. The fourth-order valence-electron chi connectivity index (χ4n) is 4.41. The molecule has 1 unspecified atom stereocenters. The molecule has 3 N–H and O–H groups in total. The van der Waals surface area contributed by atoms with Crippen molar-refractivity contribution in [3.63, 3.8) is 0 Å². The van der Waals surface area contributed by atoms with Crippen molar-refractivity contribution in [3.05, 3.63) is 0 Å². The molecule has 0 amide bonds. The normalized spacial score (nSPS) is 13.4. The molecule has 0 saturated carbocycles. The number of aliphatic hydroxyl groups excluding tert-OH is 1. The van der Waals surface area contributed by atoms with Crippen LogP contribution < -0.4 is 0 Å². The molecule has 220 valence electrons. The maximum absolute atomic E-state index is 12.7. The zero-order valence-electron chi connectivity index (χ0n) is 23.5. The number of hydrogen-bond donors (Lipinski definition) is 3. The number of esters is 1. The molecule has 8 nitrogen and oxygen atoms in total. The van der Waals surface area contributed by atoms with Crippen LogP contribution in [0.15, 0.2) is 0 Å². The van der Waals surface area contributed by atoms with E-state index in [1.165, 1.54) is 70.6 Å². The Hall–Kier alpha value is -0.790. The van der Waals surface area contributed by atoms with E-state index >= 15 is 0 Å². The highest BCUT2D eigenvalue weighted by atomic mass is 31.2. The number of carbonyl (C=O) groups is 2. The minimum atomic E-state index is -5.02. The second-order valence-electron chi connectivity index (χ2n) is 10.2. The first-order valence-electron chi connectivity index (χ1n) is 14.8. The van der Waals surface area contributed by atoms with E-state index in [1.807, 2.05) is 0 Å². The van der Waals surface area contributed by atoms with Crippen molar-refractivity contribution in [1.82, 2.24) is 0 Å². The van der Waals surface area contributed by atoms with Crippen molar-refractivity contribution in [2.24, 2.45) is 0 Å². The van der Waals surface area contributed by atoms with Gasteiger partial charge in [0.15, 0.2) is 18.0 Å². The van der Waals surface area contributed by atoms with Gasteiger partial charge in [-0.25, -0.2) is 4.57 Å². The van der Waals surface area contributed by atoms with Crippen molar-refractivity contribution in [3.8, 4) is 0 Å². The average Bonchev–Trinajstić information content (AvgIpc) is 2.85. The predicted octanol–water partition coefficient (Wildman–Crippen LogP) is 7.17. The molecule has 0 aliphatic heterocycles. The summed E-state index contributed by atoms with van der Waals surface area (Å²) in [6.45, 7) is 3.63. The molecule has 0 aromatic rings. The number of aliphatic hydroxyl groups is 1. The molecule has 2 atom stereocenters. The Balaban J connectivity index is 4.37. The van der Waals surface area contributed by atoms with Crippen LogP contribution in [0.1, 0.15) is 149 Å². The van der Waals surface area contributed by atoms with Crippen LogP contribution in [0.2, 0.25) is 0 Å². The number of phosphoric ester groups is 1. The van der Waals surface area contributed by atoms with Gasteiger partial charge in [0.1, 0.15) is 0 Å². The maximum atomic E-state index is 12.7. The summed E-state index contributed by atoms with van der Waals surface area (Å²) in [5.41, 5.74) is 0. The van der Waals surface area contributed by atoms with Crippen LogP contribution in [-0.4, -0.2) is 45.5 Å². The lowest BCUT2D eigenvalue weighted by Crippen LogP contribution is -2.41.